The van der Waals surface area contributed by atoms with Gasteiger partial charge in [-0.25, -0.2) is 9.80 Å². The zero-order valence-electron chi connectivity index (χ0n) is 16.2. The van der Waals surface area contributed by atoms with Crippen molar-refractivity contribution in [2.75, 3.05) is 5.32 Å². The van der Waals surface area contributed by atoms with Crippen LogP contribution in [-0.4, -0.2) is 42.8 Å². The van der Waals surface area contributed by atoms with E-state index >= 15 is 0 Å². The Hall–Kier alpha value is -2.13. The molecule has 0 aromatic heterocycles. The highest BCUT2D eigenvalue weighted by Crippen LogP contribution is 2.42. The molecule has 2 aromatic carbocycles. The smallest absolute Gasteiger partial charge is 0.306 e. The van der Waals surface area contributed by atoms with Crippen LogP contribution in [0.5, 0.6) is 0 Å². The number of nitrogens with one attached hydrogen (secondary N) is 1. The number of amides is 2. The van der Waals surface area contributed by atoms with Gasteiger partial charge in [-0.2, -0.15) is 10.2 Å². The standard InChI is InChI=1S/C20H21ClN4O2S2/c1-13-7-9-14(10-8-13)12-22-24-17(20(2,3)29-19(24)28)25(27)18(26)23-16-6-4-5-15(21)11-16/h4-12,17,27H,1-3H3,(H,23,26)/b22-12+. The third-order valence-electron chi connectivity index (χ3n) is 4.32. The maximum atomic E-state index is 12.7. The van der Waals surface area contributed by atoms with Gasteiger partial charge in [0.05, 0.1) is 11.0 Å². The minimum atomic E-state index is -0.791. The lowest BCUT2D eigenvalue weighted by molar-refractivity contribution is -0.114. The number of nitrogens with zero attached hydrogens (tertiary/aromatic N) is 3. The Kier molecular flexibility index (Phi) is 6.48. The number of thioether (sulfide) groups is 1. The van der Waals surface area contributed by atoms with Gasteiger partial charge >= 0.3 is 6.03 Å². The van der Waals surface area contributed by atoms with E-state index in [1.165, 1.54) is 16.8 Å². The number of urea groups is 1. The summed E-state index contributed by atoms with van der Waals surface area (Å²) in [6, 6.07) is 13.8. The van der Waals surface area contributed by atoms with Crippen LogP contribution < -0.4 is 5.32 Å². The second-order valence-corrected chi connectivity index (χ2v) is 9.85. The van der Waals surface area contributed by atoms with Gasteiger partial charge in [-0.05, 0) is 44.5 Å². The molecule has 3 rings (SSSR count). The first-order valence-electron chi connectivity index (χ1n) is 8.85. The van der Waals surface area contributed by atoms with Crippen molar-refractivity contribution in [3.63, 3.8) is 0 Å². The largest absolute Gasteiger partial charge is 0.347 e. The number of carbonyl (C=O) groups excluding carboxylic acids is 1. The molecule has 1 unspecified atom stereocenters. The van der Waals surface area contributed by atoms with Crippen molar-refractivity contribution in [2.45, 2.75) is 31.7 Å². The fourth-order valence-electron chi connectivity index (χ4n) is 2.87. The van der Waals surface area contributed by atoms with Crippen molar-refractivity contribution < 1.29 is 10.0 Å². The van der Waals surface area contributed by atoms with Gasteiger partial charge in [0.2, 0.25) is 0 Å². The molecule has 1 heterocycles. The van der Waals surface area contributed by atoms with E-state index < -0.39 is 16.9 Å². The van der Waals surface area contributed by atoms with E-state index in [4.69, 9.17) is 23.8 Å². The normalized spacial score (nSPS) is 18.3. The van der Waals surface area contributed by atoms with Crippen LogP contribution in [0.1, 0.15) is 25.0 Å². The fraction of sp³-hybridized carbons (Fsp3) is 0.250. The van der Waals surface area contributed by atoms with E-state index in [2.05, 4.69) is 10.4 Å². The second kappa shape index (κ2) is 8.71. The molecule has 152 valence electrons. The van der Waals surface area contributed by atoms with Gasteiger partial charge < -0.3 is 5.32 Å². The van der Waals surface area contributed by atoms with Crippen LogP contribution >= 0.6 is 35.6 Å². The number of hydroxylamine groups is 2. The topological polar surface area (TPSA) is 68.2 Å². The molecule has 0 saturated carbocycles. The average molecular weight is 449 g/mol. The number of aryl methyl sites for hydroxylation is 1. The lowest BCUT2D eigenvalue weighted by Crippen LogP contribution is -2.54. The molecule has 0 radical (unpaired) electrons. The molecule has 1 atom stereocenters. The van der Waals surface area contributed by atoms with Crippen molar-refractivity contribution in [1.82, 2.24) is 10.1 Å². The molecular weight excluding hydrogens is 428 g/mol. The summed E-state index contributed by atoms with van der Waals surface area (Å²) >= 11 is 12.8. The van der Waals surface area contributed by atoms with Crippen LogP contribution in [0.25, 0.3) is 0 Å². The van der Waals surface area contributed by atoms with Crippen LogP contribution in [0.3, 0.4) is 0 Å². The quantitative estimate of drug-likeness (QED) is 0.286. The highest BCUT2D eigenvalue weighted by atomic mass is 35.5. The van der Waals surface area contributed by atoms with Gasteiger partial charge in [0.25, 0.3) is 0 Å². The van der Waals surface area contributed by atoms with Gasteiger partial charge in [-0.1, -0.05) is 71.5 Å². The number of hydrazone groups is 1. The average Bonchev–Trinajstić information content (AvgIpc) is 2.88. The second-order valence-electron chi connectivity index (χ2n) is 7.13. The van der Waals surface area contributed by atoms with Crippen molar-refractivity contribution in [3.05, 3.63) is 64.7 Å². The van der Waals surface area contributed by atoms with Crippen LogP contribution in [0.4, 0.5) is 10.5 Å². The molecule has 1 fully saturated rings. The zero-order chi connectivity index (χ0) is 21.2. The Balaban J connectivity index is 1.81. The lowest BCUT2D eigenvalue weighted by Gasteiger charge is -2.34. The summed E-state index contributed by atoms with van der Waals surface area (Å²) in [5, 5.41) is 20.4. The number of hydrogen-bond donors (Lipinski definition) is 2. The number of halogens is 1. The van der Waals surface area contributed by atoms with Crippen molar-refractivity contribution in [3.8, 4) is 0 Å². The summed E-state index contributed by atoms with van der Waals surface area (Å²) in [5.41, 5.74) is 2.51. The summed E-state index contributed by atoms with van der Waals surface area (Å²) in [5.74, 6) is 0. The molecule has 2 N–H and O–H groups in total. The third kappa shape index (κ3) is 5.08. The summed E-state index contributed by atoms with van der Waals surface area (Å²) in [7, 11) is 0. The van der Waals surface area contributed by atoms with Gasteiger partial charge in [-0.15, -0.1) is 0 Å². The van der Waals surface area contributed by atoms with Gasteiger partial charge in [0.15, 0.2) is 10.5 Å². The monoisotopic (exact) mass is 448 g/mol. The van der Waals surface area contributed by atoms with Gasteiger partial charge in [0.1, 0.15) is 0 Å². The first-order valence-corrected chi connectivity index (χ1v) is 10.5. The molecule has 2 amide bonds. The number of thiocarbonyl (C=S) groups is 1. The predicted molar refractivity (Wildman–Crippen MR) is 123 cm³/mol. The highest BCUT2D eigenvalue weighted by molar-refractivity contribution is 8.24. The van der Waals surface area contributed by atoms with Crippen molar-refractivity contribution >= 4 is 57.8 Å². The molecule has 0 aliphatic carbocycles. The van der Waals surface area contributed by atoms with E-state index in [0.717, 1.165) is 11.1 Å². The Morgan fingerprint density at radius 2 is 2.03 bits per heavy atom. The van der Waals surface area contributed by atoms with E-state index in [1.54, 1.807) is 30.5 Å². The van der Waals surface area contributed by atoms with E-state index in [9.17, 15) is 10.0 Å². The van der Waals surface area contributed by atoms with Gasteiger partial charge in [0, 0.05) is 10.7 Å². The maximum Gasteiger partial charge on any atom is 0.347 e. The summed E-state index contributed by atoms with van der Waals surface area (Å²) < 4.78 is -0.111. The fourth-order valence-corrected chi connectivity index (χ4v) is 4.84. The molecule has 1 aliphatic rings. The SMILES string of the molecule is Cc1ccc(/C=N/N2C(=S)SC(C)(C)C2N(O)C(=O)Nc2cccc(Cl)c2)cc1. The highest BCUT2D eigenvalue weighted by Gasteiger charge is 2.50. The Morgan fingerprint density at radius 1 is 1.34 bits per heavy atom. The molecule has 1 saturated heterocycles. The molecule has 1 aliphatic heterocycles. The number of rotatable bonds is 4. The summed E-state index contributed by atoms with van der Waals surface area (Å²) in [6.45, 7) is 5.80. The minimum absolute atomic E-state index is 0.470. The minimum Gasteiger partial charge on any atom is -0.306 e. The first kappa shape index (κ1) is 21.6. The molecular formula is C20H21ClN4O2S2. The van der Waals surface area contributed by atoms with Crippen LogP contribution in [0.2, 0.25) is 5.02 Å². The lowest BCUT2D eigenvalue weighted by atomic mass is 10.1. The Morgan fingerprint density at radius 3 is 2.69 bits per heavy atom. The van der Waals surface area contributed by atoms with Crippen LogP contribution in [0, 0.1) is 6.92 Å². The Bertz CT molecular complexity index is 950. The third-order valence-corrected chi connectivity index (χ3v) is 6.09. The van der Waals surface area contributed by atoms with E-state index in [0.29, 0.717) is 20.1 Å². The predicted octanol–water partition coefficient (Wildman–Crippen LogP) is 5.34. The molecule has 0 bridgehead atoms. The van der Waals surface area contributed by atoms with Crippen LogP contribution in [0.15, 0.2) is 53.6 Å². The zero-order valence-corrected chi connectivity index (χ0v) is 18.6. The Labute approximate surface area is 184 Å². The molecule has 9 heteroatoms. The van der Waals surface area contributed by atoms with Crippen molar-refractivity contribution in [1.29, 1.82) is 0 Å². The van der Waals surface area contributed by atoms with Crippen LogP contribution in [-0.2, 0) is 0 Å². The molecule has 29 heavy (non-hydrogen) atoms. The van der Waals surface area contributed by atoms with Crippen molar-refractivity contribution in [2.24, 2.45) is 5.10 Å². The number of hydrogen-bond acceptors (Lipinski definition) is 5. The number of anilines is 1. The first-order chi connectivity index (χ1) is 13.7. The molecule has 0 spiro atoms. The van der Waals surface area contributed by atoms with E-state index in [-0.39, 0.29) is 0 Å². The molecule has 6 nitrogen and oxygen atoms in total. The number of benzene rings is 2. The maximum absolute atomic E-state index is 12.7. The number of carbonyl (C=O) groups is 1. The van der Waals surface area contributed by atoms with Gasteiger partial charge in [-0.3, -0.25) is 5.21 Å². The summed E-state index contributed by atoms with van der Waals surface area (Å²) in [6.07, 6.45) is 0.865. The summed E-state index contributed by atoms with van der Waals surface area (Å²) in [4.78, 5) is 12.7. The van der Waals surface area contributed by atoms with E-state index in [1.807, 2.05) is 45.0 Å². The molecule has 2 aromatic rings.